The Bertz CT molecular complexity index is 1260. The van der Waals surface area contributed by atoms with Crippen molar-refractivity contribution in [1.29, 1.82) is 0 Å². The summed E-state index contributed by atoms with van der Waals surface area (Å²) in [6.45, 7) is 0.0980. The predicted octanol–water partition coefficient (Wildman–Crippen LogP) is 4.08. The molecule has 0 fully saturated rings. The third-order valence-corrected chi connectivity index (χ3v) is 5.10. The zero-order valence-electron chi connectivity index (χ0n) is 18.6. The fourth-order valence-electron chi connectivity index (χ4n) is 3.26. The average Bonchev–Trinajstić information content (AvgIpc) is 2.91. The summed E-state index contributed by atoms with van der Waals surface area (Å²) >= 11 is 0. The Balaban J connectivity index is 1.28. The van der Waals surface area contributed by atoms with Gasteiger partial charge in [-0.05, 0) is 54.6 Å². The minimum atomic E-state index is -0.283. The number of hydrogen-bond acceptors (Lipinski definition) is 6. The third kappa shape index (κ3) is 5.83. The summed E-state index contributed by atoms with van der Waals surface area (Å²) in [5.74, 6) is 0.920. The van der Waals surface area contributed by atoms with Crippen LogP contribution in [0.3, 0.4) is 0 Å². The van der Waals surface area contributed by atoms with Gasteiger partial charge in [0.25, 0.3) is 5.91 Å². The monoisotopic (exact) mass is 453 g/mol. The van der Waals surface area contributed by atoms with Crippen molar-refractivity contribution in [1.82, 2.24) is 15.3 Å². The van der Waals surface area contributed by atoms with Gasteiger partial charge >= 0.3 is 0 Å². The molecule has 0 saturated heterocycles. The summed E-state index contributed by atoms with van der Waals surface area (Å²) in [5, 5.41) is 2.79. The Morgan fingerprint density at radius 2 is 1.50 bits per heavy atom. The molecule has 1 heterocycles. The lowest BCUT2D eigenvalue weighted by molar-refractivity contribution is -0.123. The summed E-state index contributed by atoms with van der Waals surface area (Å²) in [6.07, 6.45) is 1.47. The van der Waals surface area contributed by atoms with E-state index in [2.05, 4.69) is 15.3 Å². The van der Waals surface area contributed by atoms with Crippen LogP contribution >= 0.6 is 0 Å². The van der Waals surface area contributed by atoms with Crippen LogP contribution in [0.4, 0.5) is 0 Å². The molecule has 1 N–H and O–H groups in total. The van der Waals surface area contributed by atoms with E-state index in [-0.39, 0.29) is 24.8 Å². The molecule has 0 unspecified atom stereocenters. The van der Waals surface area contributed by atoms with Gasteiger partial charge in [-0.15, -0.1) is 0 Å². The van der Waals surface area contributed by atoms with Crippen molar-refractivity contribution in [2.24, 2.45) is 0 Å². The fraction of sp³-hybridized carbons (Fsp3) is 0.111. The molecule has 170 valence electrons. The van der Waals surface area contributed by atoms with Crippen LogP contribution in [0.2, 0.25) is 0 Å². The van der Waals surface area contributed by atoms with E-state index in [1.54, 1.807) is 43.5 Å². The summed E-state index contributed by atoms with van der Waals surface area (Å²) in [5.41, 5.74) is 3.53. The number of hydrogen-bond donors (Lipinski definition) is 1. The summed E-state index contributed by atoms with van der Waals surface area (Å²) in [7, 11) is 1.62. The van der Waals surface area contributed by atoms with E-state index in [0.717, 1.165) is 17.0 Å². The Labute approximate surface area is 197 Å². The topological polar surface area (TPSA) is 90.4 Å². The molecule has 0 aliphatic rings. The lowest BCUT2D eigenvalue weighted by Gasteiger charge is -2.09. The van der Waals surface area contributed by atoms with Crippen LogP contribution in [-0.4, -0.2) is 35.4 Å². The van der Waals surface area contributed by atoms with Crippen molar-refractivity contribution in [3.8, 4) is 22.8 Å². The van der Waals surface area contributed by atoms with Gasteiger partial charge in [-0.1, -0.05) is 30.3 Å². The van der Waals surface area contributed by atoms with Crippen LogP contribution in [-0.2, 0) is 11.3 Å². The number of methoxy groups -OCH3 is 1. The van der Waals surface area contributed by atoms with Crippen LogP contribution in [0.1, 0.15) is 21.6 Å². The first-order valence-corrected chi connectivity index (χ1v) is 10.7. The molecule has 0 radical (unpaired) electrons. The third-order valence-electron chi connectivity index (χ3n) is 5.10. The summed E-state index contributed by atoms with van der Waals surface area (Å²) in [6, 6.07) is 25.2. The second kappa shape index (κ2) is 10.9. The normalized spacial score (nSPS) is 10.4. The van der Waals surface area contributed by atoms with Crippen molar-refractivity contribution < 1.29 is 19.1 Å². The van der Waals surface area contributed by atoms with Gasteiger partial charge in [-0.3, -0.25) is 9.59 Å². The van der Waals surface area contributed by atoms with Gasteiger partial charge in [-0.25, -0.2) is 9.97 Å². The van der Waals surface area contributed by atoms with Gasteiger partial charge in [0.15, 0.2) is 12.4 Å². The second-order valence-electron chi connectivity index (χ2n) is 7.41. The van der Waals surface area contributed by atoms with Crippen molar-refractivity contribution in [2.45, 2.75) is 6.54 Å². The first-order valence-electron chi connectivity index (χ1n) is 10.7. The van der Waals surface area contributed by atoms with Crippen molar-refractivity contribution >= 4 is 11.7 Å². The molecular weight excluding hydrogens is 430 g/mol. The molecule has 0 aliphatic heterocycles. The van der Waals surface area contributed by atoms with E-state index in [1.165, 1.54) is 6.33 Å². The number of amides is 1. The molecule has 0 bridgehead atoms. The Morgan fingerprint density at radius 1 is 0.824 bits per heavy atom. The average molecular weight is 453 g/mol. The van der Waals surface area contributed by atoms with Crippen LogP contribution in [0.5, 0.6) is 11.5 Å². The summed E-state index contributed by atoms with van der Waals surface area (Å²) < 4.78 is 10.7. The van der Waals surface area contributed by atoms with Crippen LogP contribution in [0.25, 0.3) is 11.3 Å². The van der Waals surface area contributed by atoms with E-state index in [1.807, 2.05) is 48.5 Å². The fourth-order valence-corrected chi connectivity index (χ4v) is 3.26. The number of ether oxygens (including phenoxy) is 2. The maximum Gasteiger partial charge on any atom is 0.258 e. The maximum absolute atomic E-state index is 12.5. The van der Waals surface area contributed by atoms with E-state index in [0.29, 0.717) is 22.6 Å². The highest BCUT2D eigenvalue weighted by Gasteiger charge is 2.10. The van der Waals surface area contributed by atoms with Gasteiger partial charge < -0.3 is 14.8 Å². The van der Waals surface area contributed by atoms with E-state index in [4.69, 9.17) is 9.47 Å². The van der Waals surface area contributed by atoms with E-state index in [9.17, 15) is 9.59 Å². The minimum Gasteiger partial charge on any atom is -0.497 e. The molecule has 4 aromatic rings. The van der Waals surface area contributed by atoms with Crippen molar-refractivity contribution in [2.75, 3.05) is 13.7 Å². The van der Waals surface area contributed by atoms with E-state index >= 15 is 0 Å². The molecule has 1 aromatic heterocycles. The molecule has 0 atom stereocenters. The minimum absolute atomic E-state index is 0.0660. The zero-order chi connectivity index (χ0) is 23.8. The molecule has 4 rings (SSSR count). The van der Waals surface area contributed by atoms with Crippen molar-refractivity contribution in [3.63, 3.8) is 0 Å². The molecule has 0 saturated carbocycles. The largest absolute Gasteiger partial charge is 0.497 e. The quantitative estimate of drug-likeness (QED) is 0.384. The van der Waals surface area contributed by atoms with Crippen molar-refractivity contribution in [3.05, 3.63) is 108 Å². The number of nitrogens with one attached hydrogen (secondary N) is 1. The first-order chi connectivity index (χ1) is 16.6. The number of aromatic nitrogens is 2. The lowest BCUT2D eigenvalue weighted by atomic mass is 10.0. The van der Waals surface area contributed by atoms with E-state index < -0.39 is 0 Å². The second-order valence-corrected chi connectivity index (χ2v) is 7.41. The number of benzene rings is 3. The maximum atomic E-state index is 12.5. The first kappa shape index (κ1) is 22.7. The number of rotatable bonds is 9. The van der Waals surface area contributed by atoms with Gasteiger partial charge in [0.2, 0.25) is 0 Å². The van der Waals surface area contributed by atoms with Crippen LogP contribution < -0.4 is 14.8 Å². The SMILES string of the molecule is COc1ccc(-c2cc(CNC(=O)COc3ccc(C(=O)c4ccccc4)cc3)ncn2)cc1. The number of nitrogens with zero attached hydrogens (tertiary/aromatic N) is 2. The molecule has 34 heavy (non-hydrogen) atoms. The van der Waals surface area contributed by atoms with Crippen LogP contribution in [0, 0.1) is 0 Å². The van der Waals surface area contributed by atoms with Crippen LogP contribution in [0.15, 0.2) is 91.3 Å². The number of ketones is 1. The molecule has 3 aromatic carbocycles. The molecule has 7 heteroatoms. The Kier molecular flexibility index (Phi) is 7.25. The molecule has 0 spiro atoms. The predicted molar refractivity (Wildman–Crippen MR) is 128 cm³/mol. The highest BCUT2D eigenvalue weighted by Crippen LogP contribution is 2.20. The number of carbonyl (C=O) groups excluding carboxylic acids is 2. The smallest absolute Gasteiger partial charge is 0.258 e. The van der Waals surface area contributed by atoms with Gasteiger partial charge in [0.05, 0.1) is 25.0 Å². The zero-order valence-corrected chi connectivity index (χ0v) is 18.6. The highest BCUT2D eigenvalue weighted by atomic mass is 16.5. The lowest BCUT2D eigenvalue weighted by Crippen LogP contribution is -2.28. The standard InChI is InChI=1S/C27H23N3O4/c1-33-23-11-7-19(8-12-23)25-15-22(29-18-30-25)16-28-26(31)17-34-24-13-9-21(10-14-24)27(32)20-5-3-2-4-6-20/h2-15,18H,16-17H2,1H3,(H,28,31). The summed E-state index contributed by atoms with van der Waals surface area (Å²) in [4.78, 5) is 33.2. The van der Waals surface area contributed by atoms with Gasteiger partial charge in [0.1, 0.15) is 17.8 Å². The Hall–Kier alpha value is -4.52. The molecule has 7 nitrogen and oxygen atoms in total. The highest BCUT2D eigenvalue weighted by molar-refractivity contribution is 6.09. The van der Waals surface area contributed by atoms with Gasteiger partial charge in [-0.2, -0.15) is 0 Å². The van der Waals surface area contributed by atoms with Gasteiger partial charge in [0, 0.05) is 16.7 Å². The Morgan fingerprint density at radius 3 is 2.21 bits per heavy atom. The number of carbonyl (C=O) groups is 2. The molecule has 0 aliphatic carbocycles. The molecule has 1 amide bonds. The molecular formula is C27H23N3O4.